The molecular formula is C16H15ClN2O2. The minimum Gasteiger partial charge on any atom is -0.390 e. The molecule has 2 fully saturated rings. The Labute approximate surface area is 127 Å². The van der Waals surface area contributed by atoms with E-state index in [1.54, 1.807) is 0 Å². The highest BCUT2D eigenvalue weighted by Gasteiger charge is 2.67. The lowest BCUT2D eigenvalue weighted by Gasteiger charge is -2.34. The first kappa shape index (κ1) is 12.2. The van der Waals surface area contributed by atoms with Crippen LogP contribution in [0.15, 0.2) is 30.7 Å². The Morgan fingerprint density at radius 2 is 2.29 bits per heavy atom. The average molecular weight is 303 g/mol. The maximum absolute atomic E-state index is 10.6. The van der Waals surface area contributed by atoms with Crippen LogP contribution in [0.25, 0.3) is 11.3 Å². The van der Waals surface area contributed by atoms with Gasteiger partial charge >= 0.3 is 0 Å². The normalized spacial score (nSPS) is 36.0. The van der Waals surface area contributed by atoms with Crippen molar-refractivity contribution in [2.24, 2.45) is 11.3 Å². The summed E-state index contributed by atoms with van der Waals surface area (Å²) in [6.07, 6.45) is 4.29. The van der Waals surface area contributed by atoms with Crippen LogP contribution >= 0.6 is 11.6 Å². The van der Waals surface area contributed by atoms with Crippen molar-refractivity contribution in [3.8, 4) is 11.3 Å². The summed E-state index contributed by atoms with van der Waals surface area (Å²) in [7, 11) is 0. The summed E-state index contributed by atoms with van der Waals surface area (Å²) in [5.41, 5.74) is 3.23. The molecule has 1 aromatic heterocycles. The van der Waals surface area contributed by atoms with Crippen LogP contribution in [0.1, 0.15) is 18.0 Å². The smallest absolute Gasteiger partial charge is 0.0957 e. The molecular weight excluding hydrogens is 288 g/mol. The first-order valence-electron chi connectivity index (χ1n) is 7.30. The number of hydrogen-bond acceptors (Lipinski definition) is 3. The van der Waals surface area contributed by atoms with E-state index >= 15 is 0 Å². The number of ether oxygens (including phenoxy) is 1. The van der Waals surface area contributed by atoms with Gasteiger partial charge in [-0.25, -0.2) is 4.98 Å². The first-order chi connectivity index (χ1) is 10.2. The zero-order chi connectivity index (χ0) is 14.2. The van der Waals surface area contributed by atoms with Gasteiger partial charge in [0.05, 0.1) is 43.6 Å². The maximum Gasteiger partial charge on any atom is 0.0957 e. The van der Waals surface area contributed by atoms with Crippen molar-refractivity contribution in [3.05, 3.63) is 41.3 Å². The summed E-state index contributed by atoms with van der Waals surface area (Å²) in [6, 6.07) is 6.08. The van der Waals surface area contributed by atoms with E-state index in [2.05, 4.69) is 15.6 Å². The lowest BCUT2D eigenvalue weighted by Crippen LogP contribution is -2.40. The summed E-state index contributed by atoms with van der Waals surface area (Å²) in [5, 5.41) is 11.4. The van der Waals surface area contributed by atoms with E-state index in [0.717, 1.165) is 34.9 Å². The molecule has 0 spiro atoms. The predicted molar refractivity (Wildman–Crippen MR) is 78.2 cm³/mol. The quantitative estimate of drug-likeness (QED) is 0.880. The molecule has 21 heavy (non-hydrogen) atoms. The van der Waals surface area contributed by atoms with Gasteiger partial charge in [0.15, 0.2) is 0 Å². The largest absolute Gasteiger partial charge is 0.390 e. The third-order valence-corrected chi connectivity index (χ3v) is 5.80. The zero-order valence-corrected chi connectivity index (χ0v) is 12.1. The van der Waals surface area contributed by atoms with Gasteiger partial charge in [0, 0.05) is 21.6 Å². The van der Waals surface area contributed by atoms with Crippen LogP contribution in [0.2, 0.25) is 5.02 Å². The van der Waals surface area contributed by atoms with Crippen molar-refractivity contribution in [2.75, 3.05) is 13.2 Å². The summed E-state index contributed by atoms with van der Waals surface area (Å²) in [5.74, 6) is 0.406. The summed E-state index contributed by atoms with van der Waals surface area (Å²) < 4.78 is 7.69. The Kier molecular flexibility index (Phi) is 2.26. The molecule has 3 heterocycles. The third kappa shape index (κ3) is 1.36. The molecule has 4 atom stereocenters. The Morgan fingerprint density at radius 3 is 3.14 bits per heavy atom. The molecule has 3 aliphatic rings. The van der Waals surface area contributed by atoms with Gasteiger partial charge in [0.25, 0.3) is 0 Å². The molecule has 108 valence electrons. The lowest BCUT2D eigenvalue weighted by atomic mass is 9.82. The van der Waals surface area contributed by atoms with Gasteiger partial charge in [0.2, 0.25) is 0 Å². The van der Waals surface area contributed by atoms with Crippen molar-refractivity contribution in [1.82, 2.24) is 9.55 Å². The number of imidazole rings is 1. The van der Waals surface area contributed by atoms with Crippen LogP contribution in [0.3, 0.4) is 0 Å². The van der Waals surface area contributed by atoms with Gasteiger partial charge in [-0.3, -0.25) is 0 Å². The molecule has 0 radical (unpaired) electrons. The van der Waals surface area contributed by atoms with E-state index in [1.165, 1.54) is 0 Å². The van der Waals surface area contributed by atoms with Crippen LogP contribution in [-0.4, -0.2) is 34.0 Å². The van der Waals surface area contributed by atoms with Gasteiger partial charge in [-0.1, -0.05) is 23.7 Å². The first-order valence-corrected chi connectivity index (χ1v) is 7.67. The molecule has 3 unspecified atom stereocenters. The van der Waals surface area contributed by atoms with Crippen LogP contribution in [-0.2, 0) is 4.74 Å². The van der Waals surface area contributed by atoms with Crippen LogP contribution < -0.4 is 0 Å². The van der Waals surface area contributed by atoms with E-state index in [-0.39, 0.29) is 11.5 Å². The van der Waals surface area contributed by atoms with Gasteiger partial charge in [-0.2, -0.15) is 0 Å². The Hall–Kier alpha value is -1.36. The van der Waals surface area contributed by atoms with Crippen LogP contribution in [0, 0.1) is 11.3 Å². The van der Waals surface area contributed by atoms with Crippen molar-refractivity contribution >= 4 is 11.6 Å². The maximum atomic E-state index is 10.6. The molecule has 1 N–H and O–H groups in total. The predicted octanol–water partition coefficient (Wildman–Crippen LogP) is 2.50. The Bertz CT molecular complexity index is 744. The molecule has 0 amide bonds. The third-order valence-electron chi connectivity index (χ3n) is 5.47. The van der Waals surface area contributed by atoms with Gasteiger partial charge < -0.3 is 14.4 Å². The molecule has 2 aromatic rings. The molecule has 1 saturated carbocycles. The highest BCUT2D eigenvalue weighted by molar-refractivity contribution is 6.32. The fourth-order valence-electron chi connectivity index (χ4n) is 4.41. The number of rotatable bonds is 1. The fraction of sp³-hybridized carbons (Fsp3) is 0.438. The molecule has 0 bridgehead atoms. The molecule has 1 saturated heterocycles. The topological polar surface area (TPSA) is 47.3 Å². The van der Waals surface area contributed by atoms with Crippen LogP contribution in [0.5, 0.6) is 0 Å². The number of halogens is 1. The molecule has 1 aromatic carbocycles. The molecule has 1 aliphatic carbocycles. The summed E-state index contributed by atoms with van der Waals surface area (Å²) in [6.45, 7) is 1.15. The zero-order valence-electron chi connectivity index (χ0n) is 11.4. The molecule has 4 nitrogen and oxygen atoms in total. The molecule has 5 heteroatoms. The number of nitrogens with zero attached hydrogens (tertiary/aromatic N) is 2. The highest BCUT2D eigenvalue weighted by atomic mass is 35.5. The van der Waals surface area contributed by atoms with Crippen molar-refractivity contribution in [2.45, 2.75) is 18.6 Å². The second kappa shape index (κ2) is 3.88. The fourth-order valence-corrected chi connectivity index (χ4v) is 4.69. The minimum atomic E-state index is -0.446. The number of aliphatic hydroxyl groups excluding tert-OH is 1. The number of aliphatic hydroxyl groups is 1. The van der Waals surface area contributed by atoms with Crippen molar-refractivity contribution in [1.29, 1.82) is 0 Å². The van der Waals surface area contributed by atoms with E-state index in [0.29, 0.717) is 12.5 Å². The van der Waals surface area contributed by atoms with E-state index < -0.39 is 6.10 Å². The van der Waals surface area contributed by atoms with E-state index in [9.17, 15) is 5.11 Å². The molecule has 2 aliphatic heterocycles. The van der Waals surface area contributed by atoms with Gasteiger partial charge in [0.1, 0.15) is 0 Å². The van der Waals surface area contributed by atoms with Crippen molar-refractivity contribution < 1.29 is 9.84 Å². The second-order valence-corrected chi connectivity index (χ2v) is 6.76. The average Bonchev–Trinajstić information content (AvgIpc) is 2.89. The number of fused-ring (bicyclic) bond motifs is 4. The highest BCUT2D eigenvalue weighted by Crippen LogP contribution is 2.68. The monoisotopic (exact) mass is 302 g/mol. The summed E-state index contributed by atoms with van der Waals surface area (Å²) >= 11 is 6.51. The number of aromatic nitrogens is 2. The number of hydrogen-bond donors (Lipinski definition) is 1. The SMILES string of the molecule is O[C@H]1COCC2CC21C1c2c(Cl)cccc2-c2cncn21. The second-order valence-electron chi connectivity index (χ2n) is 6.36. The minimum absolute atomic E-state index is 0.0719. The molecule has 5 rings (SSSR count). The Morgan fingerprint density at radius 1 is 1.38 bits per heavy atom. The Balaban J connectivity index is 1.75. The van der Waals surface area contributed by atoms with Gasteiger partial charge in [-0.05, 0) is 18.4 Å². The van der Waals surface area contributed by atoms with E-state index in [4.69, 9.17) is 16.3 Å². The summed E-state index contributed by atoms with van der Waals surface area (Å²) in [4.78, 5) is 4.30. The van der Waals surface area contributed by atoms with Gasteiger partial charge in [-0.15, -0.1) is 0 Å². The van der Waals surface area contributed by atoms with Crippen LogP contribution in [0.4, 0.5) is 0 Å². The van der Waals surface area contributed by atoms with E-state index in [1.807, 2.05) is 24.7 Å². The number of benzene rings is 1. The van der Waals surface area contributed by atoms with Crippen molar-refractivity contribution in [3.63, 3.8) is 0 Å². The standard InChI is InChI=1S/C16H15ClN2O2/c17-11-3-1-2-10-12-5-18-8-19(12)15(14(10)11)16-4-9(16)6-21-7-13(16)20/h1-3,5,8-9,13,15,20H,4,6-7H2/t9?,13-,15?,16?/m0/s1. The lowest BCUT2D eigenvalue weighted by molar-refractivity contribution is -0.0619.